The number of hydrogen-bond acceptors (Lipinski definition) is 4. The zero-order chi connectivity index (χ0) is 15.0. The van der Waals surface area contributed by atoms with Gasteiger partial charge in [0.25, 0.3) is 0 Å². The van der Waals surface area contributed by atoms with Crippen molar-refractivity contribution in [2.75, 3.05) is 5.32 Å². The lowest BCUT2D eigenvalue weighted by Gasteiger charge is -2.19. The topological polar surface area (TPSA) is 68.1 Å². The Labute approximate surface area is 123 Å². The number of benzene rings is 1. The third kappa shape index (κ3) is 2.35. The normalized spacial score (nSPS) is 19.0. The fraction of sp³-hybridized carbons (Fsp3) is 0.312. The van der Waals surface area contributed by atoms with Gasteiger partial charge in [0, 0.05) is 12.3 Å². The molecule has 0 amide bonds. The van der Waals surface area contributed by atoms with Crippen LogP contribution in [0, 0.1) is 10.1 Å². The maximum atomic E-state index is 11.1. The van der Waals surface area contributed by atoms with Crippen LogP contribution in [0.3, 0.4) is 0 Å². The van der Waals surface area contributed by atoms with E-state index in [0.29, 0.717) is 5.82 Å². The summed E-state index contributed by atoms with van der Waals surface area (Å²) in [6, 6.07) is 11.3. The summed E-state index contributed by atoms with van der Waals surface area (Å²) in [6.45, 7) is 4.39. The molecule has 1 N–H and O–H groups in total. The maximum Gasteiger partial charge on any atom is 0.311 e. The Morgan fingerprint density at radius 3 is 2.81 bits per heavy atom. The van der Waals surface area contributed by atoms with E-state index in [0.717, 1.165) is 6.42 Å². The highest BCUT2D eigenvalue weighted by atomic mass is 16.6. The van der Waals surface area contributed by atoms with Crippen LogP contribution in [-0.4, -0.2) is 9.91 Å². The summed E-state index contributed by atoms with van der Waals surface area (Å²) in [5.41, 5.74) is 2.56. The summed E-state index contributed by atoms with van der Waals surface area (Å²) < 4.78 is 0. The van der Waals surface area contributed by atoms with Crippen LogP contribution in [-0.2, 0) is 5.41 Å². The molecule has 1 aromatic carbocycles. The van der Waals surface area contributed by atoms with Crippen LogP contribution >= 0.6 is 0 Å². The number of aromatic nitrogens is 1. The Morgan fingerprint density at radius 2 is 2.05 bits per heavy atom. The minimum Gasteiger partial charge on any atom is -0.357 e. The highest BCUT2D eigenvalue weighted by Gasteiger charge is 2.37. The van der Waals surface area contributed by atoms with Gasteiger partial charge in [0.05, 0.1) is 11.0 Å². The van der Waals surface area contributed by atoms with Crippen molar-refractivity contribution >= 4 is 11.5 Å². The number of anilines is 1. The number of nitrogens with one attached hydrogen (secondary N) is 1. The minimum absolute atomic E-state index is 0.0136. The molecule has 0 spiro atoms. The smallest absolute Gasteiger partial charge is 0.311 e. The maximum absolute atomic E-state index is 11.1. The molecule has 0 aliphatic heterocycles. The van der Waals surface area contributed by atoms with Crippen molar-refractivity contribution < 1.29 is 4.92 Å². The quantitative estimate of drug-likeness (QED) is 0.686. The van der Waals surface area contributed by atoms with Crippen molar-refractivity contribution in [1.29, 1.82) is 0 Å². The summed E-state index contributed by atoms with van der Waals surface area (Å²) in [6.07, 6.45) is 2.46. The lowest BCUT2D eigenvalue weighted by atomic mass is 9.86. The molecule has 0 saturated carbocycles. The molecule has 2 aromatic rings. The monoisotopic (exact) mass is 283 g/mol. The third-order valence-corrected chi connectivity index (χ3v) is 4.07. The van der Waals surface area contributed by atoms with Gasteiger partial charge in [-0.1, -0.05) is 38.1 Å². The van der Waals surface area contributed by atoms with E-state index in [1.54, 1.807) is 12.3 Å². The third-order valence-electron chi connectivity index (χ3n) is 4.07. The van der Waals surface area contributed by atoms with E-state index >= 15 is 0 Å². The van der Waals surface area contributed by atoms with E-state index < -0.39 is 4.92 Å². The molecule has 1 aliphatic rings. The second kappa shape index (κ2) is 4.84. The molecular weight excluding hydrogens is 266 g/mol. The molecule has 0 radical (unpaired) electrons. The minimum atomic E-state index is -0.401. The second-order valence-electron chi connectivity index (χ2n) is 6.00. The van der Waals surface area contributed by atoms with Gasteiger partial charge >= 0.3 is 5.69 Å². The fourth-order valence-electron chi connectivity index (χ4n) is 3.10. The van der Waals surface area contributed by atoms with Crippen LogP contribution in [0.15, 0.2) is 42.6 Å². The van der Waals surface area contributed by atoms with Crippen LogP contribution in [0.1, 0.15) is 37.4 Å². The fourth-order valence-corrected chi connectivity index (χ4v) is 3.10. The molecule has 5 nitrogen and oxygen atoms in total. The lowest BCUT2D eigenvalue weighted by Crippen LogP contribution is -2.15. The van der Waals surface area contributed by atoms with Crippen molar-refractivity contribution in [1.82, 2.24) is 4.98 Å². The summed E-state index contributed by atoms with van der Waals surface area (Å²) in [7, 11) is 0. The summed E-state index contributed by atoms with van der Waals surface area (Å²) in [5, 5.41) is 14.3. The molecule has 1 aromatic heterocycles. The molecule has 5 heteroatoms. The molecule has 1 atom stereocenters. The number of fused-ring (bicyclic) bond motifs is 1. The Hall–Kier alpha value is -2.43. The highest BCUT2D eigenvalue weighted by Crippen LogP contribution is 2.46. The van der Waals surface area contributed by atoms with Crippen molar-refractivity contribution in [3.05, 3.63) is 63.8 Å². The second-order valence-corrected chi connectivity index (χ2v) is 6.00. The van der Waals surface area contributed by atoms with E-state index in [4.69, 9.17) is 0 Å². The van der Waals surface area contributed by atoms with Gasteiger partial charge in [-0.15, -0.1) is 0 Å². The molecule has 21 heavy (non-hydrogen) atoms. The first kappa shape index (κ1) is 13.5. The number of nitrogens with zero attached hydrogens (tertiary/aromatic N) is 2. The predicted molar refractivity (Wildman–Crippen MR) is 81.3 cm³/mol. The van der Waals surface area contributed by atoms with Crippen LogP contribution in [0.4, 0.5) is 11.5 Å². The molecule has 0 fully saturated rings. The average molecular weight is 283 g/mol. The van der Waals surface area contributed by atoms with E-state index in [2.05, 4.69) is 36.3 Å². The Bertz CT molecular complexity index is 697. The summed E-state index contributed by atoms with van der Waals surface area (Å²) >= 11 is 0. The molecular formula is C16H17N3O2. The zero-order valence-corrected chi connectivity index (χ0v) is 12.0. The van der Waals surface area contributed by atoms with E-state index in [-0.39, 0.29) is 17.1 Å². The Morgan fingerprint density at radius 1 is 1.29 bits per heavy atom. The lowest BCUT2D eigenvalue weighted by molar-refractivity contribution is -0.384. The van der Waals surface area contributed by atoms with Crippen molar-refractivity contribution in [3.8, 4) is 0 Å². The van der Waals surface area contributed by atoms with Crippen LogP contribution in [0.25, 0.3) is 0 Å². The molecule has 1 heterocycles. The average Bonchev–Trinajstić information content (AvgIpc) is 2.71. The first-order valence-electron chi connectivity index (χ1n) is 6.94. The largest absolute Gasteiger partial charge is 0.357 e. The van der Waals surface area contributed by atoms with E-state index in [9.17, 15) is 10.1 Å². The van der Waals surface area contributed by atoms with Gasteiger partial charge < -0.3 is 5.32 Å². The van der Waals surface area contributed by atoms with Gasteiger partial charge in [-0.25, -0.2) is 4.98 Å². The molecule has 1 unspecified atom stereocenters. The van der Waals surface area contributed by atoms with Gasteiger partial charge in [-0.3, -0.25) is 10.1 Å². The van der Waals surface area contributed by atoms with Gasteiger partial charge in [0.1, 0.15) is 0 Å². The molecule has 1 aliphatic carbocycles. The SMILES string of the molecule is CC1(C)CC(Nc2ncccc2[N+](=O)[O-])c2ccccc21. The van der Waals surface area contributed by atoms with Gasteiger partial charge in [-0.05, 0) is 29.0 Å². The Kier molecular flexibility index (Phi) is 3.12. The van der Waals surface area contributed by atoms with Crippen molar-refractivity contribution in [3.63, 3.8) is 0 Å². The van der Waals surface area contributed by atoms with Crippen molar-refractivity contribution in [2.24, 2.45) is 0 Å². The number of rotatable bonds is 3. The predicted octanol–water partition coefficient (Wildman–Crippen LogP) is 3.82. The molecule has 108 valence electrons. The van der Waals surface area contributed by atoms with Gasteiger partial charge in [0.15, 0.2) is 0 Å². The highest BCUT2D eigenvalue weighted by molar-refractivity contribution is 5.58. The van der Waals surface area contributed by atoms with E-state index in [1.165, 1.54) is 17.2 Å². The number of nitro groups is 1. The Balaban J connectivity index is 1.96. The number of hydrogen-bond donors (Lipinski definition) is 1. The standard InChI is InChI=1S/C16H17N3O2/c1-16(2)10-13(11-6-3-4-7-12(11)16)18-15-14(19(20)21)8-5-9-17-15/h3-9,13H,10H2,1-2H3,(H,17,18). The molecule has 0 saturated heterocycles. The zero-order valence-electron chi connectivity index (χ0n) is 12.0. The van der Waals surface area contributed by atoms with Crippen LogP contribution in [0.2, 0.25) is 0 Å². The van der Waals surface area contributed by atoms with Crippen LogP contribution in [0.5, 0.6) is 0 Å². The van der Waals surface area contributed by atoms with E-state index in [1.807, 2.05) is 12.1 Å². The van der Waals surface area contributed by atoms with Crippen LogP contribution < -0.4 is 5.32 Å². The van der Waals surface area contributed by atoms with Gasteiger partial charge in [0.2, 0.25) is 5.82 Å². The van der Waals surface area contributed by atoms with Crippen molar-refractivity contribution in [2.45, 2.75) is 31.7 Å². The molecule has 0 bridgehead atoms. The van der Waals surface area contributed by atoms with Gasteiger partial charge in [-0.2, -0.15) is 0 Å². The summed E-state index contributed by atoms with van der Waals surface area (Å²) in [4.78, 5) is 14.8. The number of pyridine rings is 1. The first-order valence-corrected chi connectivity index (χ1v) is 6.94. The first-order chi connectivity index (χ1) is 9.99. The summed E-state index contributed by atoms with van der Waals surface area (Å²) in [5.74, 6) is 0.333. The molecule has 3 rings (SSSR count).